The Kier molecular flexibility index (Phi) is 2.37. The van der Waals surface area contributed by atoms with E-state index in [0.717, 1.165) is 16.6 Å². The molecule has 0 aliphatic carbocycles. The number of nitrogens with zero attached hydrogens (tertiary/aromatic N) is 1. The Morgan fingerprint density at radius 3 is 2.88 bits per heavy atom. The second-order valence-corrected chi connectivity index (χ2v) is 3.49. The predicted molar refractivity (Wildman–Crippen MR) is 59.1 cm³/mol. The highest BCUT2D eigenvalue weighted by Gasteiger charge is 2.11. The highest BCUT2D eigenvalue weighted by molar-refractivity contribution is 5.96. The lowest BCUT2D eigenvalue weighted by Gasteiger charge is -1.98. The van der Waals surface area contributed by atoms with Crippen molar-refractivity contribution in [2.75, 3.05) is 7.11 Å². The summed E-state index contributed by atoms with van der Waals surface area (Å²) >= 11 is 0. The zero-order valence-electron chi connectivity index (χ0n) is 9.00. The highest BCUT2D eigenvalue weighted by Crippen LogP contribution is 2.22. The van der Waals surface area contributed by atoms with E-state index in [-0.39, 0.29) is 0 Å². The van der Waals surface area contributed by atoms with Crippen molar-refractivity contribution < 1.29 is 9.53 Å². The van der Waals surface area contributed by atoms with Gasteiger partial charge in [-0.25, -0.2) is 4.79 Å². The number of aromatic amines is 1. The third-order valence-corrected chi connectivity index (χ3v) is 2.52. The summed E-state index contributed by atoms with van der Waals surface area (Å²) < 4.78 is 4.63. The number of nitrogens with one attached hydrogen (secondary N) is 1. The van der Waals surface area contributed by atoms with Crippen molar-refractivity contribution in [3.8, 4) is 6.07 Å². The second kappa shape index (κ2) is 3.70. The van der Waals surface area contributed by atoms with Crippen LogP contribution in [0, 0.1) is 18.3 Å². The van der Waals surface area contributed by atoms with Crippen LogP contribution in [0.15, 0.2) is 18.2 Å². The highest BCUT2D eigenvalue weighted by atomic mass is 16.5. The molecule has 0 aliphatic heterocycles. The normalized spacial score (nSPS) is 10.1. The Bertz CT molecular complexity index is 605. The lowest BCUT2D eigenvalue weighted by molar-refractivity contribution is 0.0601. The summed E-state index contributed by atoms with van der Waals surface area (Å²) in [5, 5.41) is 9.76. The van der Waals surface area contributed by atoms with E-state index in [1.54, 1.807) is 18.2 Å². The largest absolute Gasteiger partial charge is 0.465 e. The van der Waals surface area contributed by atoms with Gasteiger partial charge in [-0.05, 0) is 25.1 Å². The first-order chi connectivity index (χ1) is 7.67. The number of nitriles is 1. The van der Waals surface area contributed by atoms with Gasteiger partial charge in [0.25, 0.3) is 0 Å². The smallest absolute Gasteiger partial charge is 0.337 e. The number of aryl methyl sites for hydroxylation is 1. The molecule has 0 saturated heterocycles. The standard InChI is InChI=1S/C12H10N2O2/c1-7-10(6-13)9-5-8(12(15)16-2)3-4-11(9)14-7/h3-5,14H,1-2H3. The van der Waals surface area contributed by atoms with Gasteiger partial charge in [-0.1, -0.05) is 0 Å². The molecule has 2 rings (SSSR count). The molecule has 0 amide bonds. The number of carbonyl (C=O) groups is 1. The minimum absolute atomic E-state index is 0.398. The summed E-state index contributed by atoms with van der Waals surface area (Å²) in [5.74, 6) is -0.398. The molecule has 80 valence electrons. The number of carbonyl (C=O) groups excluding carboxylic acids is 1. The van der Waals surface area contributed by atoms with Gasteiger partial charge in [-0.15, -0.1) is 0 Å². The van der Waals surface area contributed by atoms with E-state index in [0.29, 0.717) is 11.1 Å². The fraction of sp³-hybridized carbons (Fsp3) is 0.167. The van der Waals surface area contributed by atoms with Gasteiger partial charge < -0.3 is 9.72 Å². The van der Waals surface area contributed by atoms with Gasteiger partial charge in [-0.2, -0.15) is 5.26 Å². The summed E-state index contributed by atoms with van der Waals surface area (Å²) in [7, 11) is 1.33. The average molecular weight is 214 g/mol. The molecule has 1 aromatic carbocycles. The average Bonchev–Trinajstić information content (AvgIpc) is 2.62. The van der Waals surface area contributed by atoms with E-state index in [1.165, 1.54) is 7.11 Å². The van der Waals surface area contributed by atoms with Crippen molar-refractivity contribution in [1.82, 2.24) is 4.98 Å². The molecular weight excluding hydrogens is 204 g/mol. The first-order valence-corrected chi connectivity index (χ1v) is 4.78. The maximum absolute atomic E-state index is 11.3. The summed E-state index contributed by atoms with van der Waals surface area (Å²) in [4.78, 5) is 14.4. The van der Waals surface area contributed by atoms with E-state index < -0.39 is 5.97 Å². The number of esters is 1. The molecule has 0 unspecified atom stereocenters. The summed E-state index contributed by atoms with van der Waals surface area (Å²) in [5.41, 5.74) is 2.67. The molecule has 0 fully saturated rings. The number of hydrogen-bond donors (Lipinski definition) is 1. The van der Waals surface area contributed by atoms with Crippen LogP contribution in [-0.2, 0) is 4.74 Å². The minimum Gasteiger partial charge on any atom is -0.465 e. The van der Waals surface area contributed by atoms with Crippen molar-refractivity contribution >= 4 is 16.9 Å². The molecule has 16 heavy (non-hydrogen) atoms. The third-order valence-electron chi connectivity index (χ3n) is 2.52. The molecule has 0 spiro atoms. The number of ether oxygens (including phenoxy) is 1. The van der Waals surface area contributed by atoms with Gasteiger partial charge in [0.15, 0.2) is 0 Å². The van der Waals surface area contributed by atoms with Crippen LogP contribution in [0.2, 0.25) is 0 Å². The number of benzene rings is 1. The maximum Gasteiger partial charge on any atom is 0.337 e. The van der Waals surface area contributed by atoms with Gasteiger partial charge in [0, 0.05) is 16.6 Å². The molecular formula is C12H10N2O2. The Labute approximate surface area is 92.4 Å². The monoisotopic (exact) mass is 214 g/mol. The number of rotatable bonds is 1. The topological polar surface area (TPSA) is 65.9 Å². The van der Waals surface area contributed by atoms with Crippen molar-refractivity contribution in [3.63, 3.8) is 0 Å². The van der Waals surface area contributed by atoms with Gasteiger partial charge in [-0.3, -0.25) is 0 Å². The number of fused-ring (bicyclic) bond motifs is 1. The second-order valence-electron chi connectivity index (χ2n) is 3.49. The molecule has 1 aromatic heterocycles. The lowest BCUT2D eigenvalue weighted by Crippen LogP contribution is -2.00. The van der Waals surface area contributed by atoms with Gasteiger partial charge in [0.1, 0.15) is 6.07 Å². The van der Waals surface area contributed by atoms with Crippen LogP contribution < -0.4 is 0 Å². The zero-order chi connectivity index (χ0) is 11.7. The van der Waals surface area contributed by atoms with Crippen molar-refractivity contribution in [2.24, 2.45) is 0 Å². The van der Waals surface area contributed by atoms with Crippen molar-refractivity contribution in [1.29, 1.82) is 5.26 Å². The predicted octanol–water partition coefficient (Wildman–Crippen LogP) is 2.13. The first kappa shape index (κ1) is 10.2. The van der Waals surface area contributed by atoms with Crippen LogP contribution >= 0.6 is 0 Å². The summed E-state index contributed by atoms with van der Waals surface area (Å²) in [6.45, 7) is 1.83. The van der Waals surface area contributed by atoms with Crippen LogP contribution in [0.5, 0.6) is 0 Å². The van der Waals surface area contributed by atoms with Crippen molar-refractivity contribution in [2.45, 2.75) is 6.92 Å². The maximum atomic E-state index is 11.3. The van der Waals surface area contributed by atoms with Crippen LogP contribution in [0.3, 0.4) is 0 Å². The molecule has 2 aromatic rings. The third kappa shape index (κ3) is 1.43. The van der Waals surface area contributed by atoms with E-state index in [4.69, 9.17) is 5.26 Å². The molecule has 1 heterocycles. The number of H-pyrrole nitrogens is 1. The van der Waals surface area contributed by atoms with Gasteiger partial charge in [0.05, 0.1) is 18.2 Å². The molecule has 0 bridgehead atoms. The van der Waals surface area contributed by atoms with E-state index in [9.17, 15) is 4.79 Å². The van der Waals surface area contributed by atoms with E-state index >= 15 is 0 Å². The fourth-order valence-electron chi connectivity index (χ4n) is 1.72. The molecule has 4 heteroatoms. The first-order valence-electron chi connectivity index (χ1n) is 4.78. The molecule has 4 nitrogen and oxygen atoms in total. The Hall–Kier alpha value is -2.28. The molecule has 0 atom stereocenters. The van der Waals surface area contributed by atoms with Crippen LogP contribution in [0.1, 0.15) is 21.6 Å². The lowest BCUT2D eigenvalue weighted by atomic mass is 10.1. The molecule has 0 aliphatic rings. The number of methoxy groups -OCH3 is 1. The van der Waals surface area contributed by atoms with Gasteiger partial charge in [0.2, 0.25) is 0 Å². The fourth-order valence-corrected chi connectivity index (χ4v) is 1.72. The van der Waals surface area contributed by atoms with Crippen molar-refractivity contribution in [3.05, 3.63) is 35.0 Å². The number of aromatic nitrogens is 1. The van der Waals surface area contributed by atoms with Gasteiger partial charge >= 0.3 is 5.97 Å². The van der Waals surface area contributed by atoms with Crippen LogP contribution in [0.25, 0.3) is 10.9 Å². The molecule has 1 N–H and O–H groups in total. The van der Waals surface area contributed by atoms with Crippen LogP contribution in [-0.4, -0.2) is 18.1 Å². The Morgan fingerprint density at radius 2 is 2.25 bits per heavy atom. The van der Waals surface area contributed by atoms with E-state index in [2.05, 4.69) is 15.8 Å². The summed E-state index contributed by atoms with van der Waals surface area (Å²) in [6.07, 6.45) is 0. The minimum atomic E-state index is -0.398. The summed E-state index contributed by atoms with van der Waals surface area (Å²) in [6, 6.07) is 7.23. The Morgan fingerprint density at radius 1 is 1.50 bits per heavy atom. The molecule has 0 saturated carbocycles. The van der Waals surface area contributed by atoms with Crippen LogP contribution in [0.4, 0.5) is 0 Å². The number of hydrogen-bond acceptors (Lipinski definition) is 3. The quantitative estimate of drug-likeness (QED) is 0.739. The SMILES string of the molecule is COC(=O)c1ccc2[nH]c(C)c(C#N)c2c1. The van der Waals surface area contributed by atoms with E-state index in [1.807, 2.05) is 6.92 Å². The Balaban J connectivity index is 2.70. The molecule has 0 radical (unpaired) electrons. The zero-order valence-corrected chi connectivity index (χ0v) is 9.00.